The van der Waals surface area contributed by atoms with E-state index in [1.807, 2.05) is 0 Å². The highest BCUT2D eigenvalue weighted by atomic mass is 19.3. The zero-order valence-electron chi connectivity index (χ0n) is 19.9. The SMILES string of the molecule is CCCC1CCC(C2CCC3C(CCCC3C(=O)Oc3cc(F)c(OC(F)F)c(F)c3)C2)CC1. The van der Waals surface area contributed by atoms with Gasteiger partial charge >= 0.3 is 12.6 Å². The quantitative estimate of drug-likeness (QED) is 0.224. The number of rotatable bonds is 7. The first-order chi connectivity index (χ1) is 16.4. The summed E-state index contributed by atoms with van der Waals surface area (Å²) in [5.41, 5.74) is 0. The molecule has 4 rings (SSSR count). The third kappa shape index (κ3) is 5.88. The predicted molar refractivity (Wildman–Crippen MR) is 121 cm³/mol. The zero-order valence-corrected chi connectivity index (χ0v) is 19.9. The number of alkyl halides is 2. The van der Waals surface area contributed by atoms with Crippen LogP contribution in [0.2, 0.25) is 0 Å². The molecule has 0 aliphatic heterocycles. The highest BCUT2D eigenvalue weighted by Gasteiger charge is 2.43. The minimum Gasteiger partial charge on any atom is -0.429 e. The van der Waals surface area contributed by atoms with Crippen molar-refractivity contribution in [2.45, 2.75) is 90.6 Å². The van der Waals surface area contributed by atoms with Crippen molar-refractivity contribution in [1.82, 2.24) is 0 Å². The molecule has 0 spiro atoms. The van der Waals surface area contributed by atoms with Crippen LogP contribution in [0.3, 0.4) is 0 Å². The smallest absolute Gasteiger partial charge is 0.387 e. The van der Waals surface area contributed by atoms with E-state index in [1.165, 1.54) is 44.9 Å². The van der Waals surface area contributed by atoms with Gasteiger partial charge in [0.1, 0.15) is 5.75 Å². The minimum atomic E-state index is -3.35. The lowest BCUT2D eigenvalue weighted by atomic mass is 9.59. The van der Waals surface area contributed by atoms with Gasteiger partial charge in [-0.25, -0.2) is 8.78 Å². The number of hydrogen-bond donors (Lipinski definition) is 0. The van der Waals surface area contributed by atoms with Gasteiger partial charge in [-0.05, 0) is 68.1 Å². The van der Waals surface area contributed by atoms with Gasteiger partial charge in [0, 0.05) is 12.1 Å². The van der Waals surface area contributed by atoms with Crippen LogP contribution < -0.4 is 9.47 Å². The summed E-state index contributed by atoms with van der Waals surface area (Å²) in [6.45, 7) is -1.08. The second-order valence-corrected chi connectivity index (χ2v) is 10.6. The van der Waals surface area contributed by atoms with Crippen molar-refractivity contribution in [2.75, 3.05) is 0 Å². The number of halogens is 4. The zero-order chi connectivity index (χ0) is 24.2. The van der Waals surface area contributed by atoms with Gasteiger partial charge in [-0.3, -0.25) is 4.79 Å². The van der Waals surface area contributed by atoms with Crippen LogP contribution in [-0.4, -0.2) is 12.6 Å². The molecule has 1 aromatic rings. The van der Waals surface area contributed by atoms with E-state index in [2.05, 4.69) is 11.7 Å². The summed E-state index contributed by atoms with van der Waals surface area (Å²) in [6, 6.07) is 1.45. The van der Waals surface area contributed by atoms with Crippen molar-refractivity contribution in [3.63, 3.8) is 0 Å². The Balaban J connectivity index is 1.35. The highest BCUT2D eigenvalue weighted by Crippen LogP contribution is 2.50. The second kappa shape index (κ2) is 11.3. The molecule has 7 heteroatoms. The van der Waals surface area contributed by atoms with Gasteiger partial charge in [0.2, 0.25) is 0 Å². The average Bonchev–Trinajstić information content (AvgIpc) is 2.81. The lowest BCUT2D eigenvalue weighted by molar-refractivity contribution is -0.144. The van der Waals surface area contributed by atoms with Crippen molar-refractivity contribution < 1.29 is 31.8 Å². The maximum Gasteiger partial charge on any atom is 0.387 e. The number of esters is 1. The summed E-state index contributed by atoms with van der Waals surface area (Å²) in [7, 11) is 0. The number of ether oxygens (including phenoxy) is 2. The normalized spacial score (nSPS) is 31.7. The Hall–Kier alpha value is -1.79. The van der Waals surface area contributed by atoms with Crippen LogP contribution in [0.25, 0.3) is 0 Å². The molecule has 3 aliphatic carbocycles. The van der Waals surface area contributed by atoms with Gasteiger partial charge in [-0.15, -0.1) is 0 Å². The van der Waals surface area contributed by atoms with Gasteiger partial charge in [0.25, 0.3) is 0 Å². The predicted octanol–water partition coefficient (Wildman–Crippen LogP) is 7.91. The average molecular weight is 485 g/mol. The summed E-state index contributed by atoms with van der Waals surface area (Å²) in [5, 5.41) is 0. The molecule has 0 heterocycles. The molecule has 0 radical (unpaired) electrons. The van der Waals surface area contributed by atoms with Crippen molar-refractivity contribution >= 4 is 5.97 Å². The molecule has 0 N–H and O–H groups in total. The first-order valence-electron chi connectivity index (χ1n) is 13.0. The Morgan fingerprint density at radius 1 is 0.941 bits per heavy atom. The summed E-state index contributed by atoms with van der Waals surface area (Å²) < 4.78 is 62.0. The fraction of sp³-hybridized carbons (Fsp3) is 0.741. The first-order valence-corrected chi connectivity index (χ1v) is 13.0. The van der Waals surface area contributed by atoms with Crippen LogP contribution in [-0.2, 0) is 4.79 Å². The largest absolute Gasteiger partial charge is 0.429 e. The highest BCUT2D eigenvalue weighted by molar-refractivity contribution is 5.75. The molecule has 3 aliphatic rings. The summed E-state index contributed by atoms with van der Waals surface area (Å²) in [6.07, 6.45) is 14.1. The van der Waals surface area contributed by atoms with Gasteiger partial charge in [-0.1, -0.05) is 45.4 Å². The Bertz CT molecular complexity index is 814. The molecule has 3 fully saturated rings. The Morgan fingerprint density at radius 3 is 2.26 bits per heavy atom. The van der Waals surface area contributed by atoms with Crippen LogP contribution in [0.15, 0.2) is 12.1 Å². The number of fused-ring (bicyclic) bond motifs is 1. The van der Waals surface area contributed by atoms with Crippen molar-refractivity contribution in [1.29, 1.82) is 0 Å². The summed E-state index contributed by atoms with van der Waals surface area (Å²) in [4.78, 5) is 13.0. The molecule has 0 saturated heterocycles. The van der Waals surface area contributed by atoms with E-state index in [9.17, 15) is 22.4 Å². The third-order valence-electron chi connectivity index (χ3n) is 8.64. The molecule has 34 heavy (non-hydrogen) atoms. The van der Waals surface area contributed by atoms with Crippen LogP contribution in [0, 0.1) is 47.1 Å². The van der Waals surface area contributed by atoms with E-state index in [0.717, 1.165) is 55.6 Å². The van der Waals surface area contributed by atoms with E-state index in [1.54, 1.807) is 0 Å². The van der Waals surface area contributed by atoms with Crippen LogP contribution in [0.1, 0.15) is 84.0 Å². The van der Waals surface area contributed by atoms with Crippen molar-refractivity contribution in [3.05, 3.63) is 23.8 Å². The van der Waals surface area contributed by atoms with Gasteiger partial charge in [0.05, 0.1) is 5.92 Å². The minimum absolute atomic E-state index is 0.241. The molecule has 0 aromatic heterocycles. The van der Waals surface area contributed by atoms with Gasteiger partial charge in [0.15, 0.2) is 17.4 Å². The van der Waals surface area contributed by atoms with Crippen LogP contribution >= 0.6 is 0 Å². The summed E-state index contributed by atoms with van der Waals surface area (Å²) >= 11 is 0. The monoisotopic (exact) mass is 484 g/mol. The first kappa shape index (κ1) is 25.3. The summed E-state index contributed by atoms with van der Waals surface area (Å²) in [5.74, 6) is -1.72. The lowest BCUT2D eigenvalue weighted by Crippen LogP contribution is -2.40. The maximum absolute atomic E-state index is 14.0. The van der Waals surface area contributed by atoms with Crippen LogP contribution in [0.4, 0.5) is 17.6 Å². The van der Waals surface area contributed by atoms with Gasteiger partial charge in [-0.2, -0.15) is 8.78 Å². The molecule has 4 atom stereocenters. The molecule has 190 valence electrons. The fourth-order valence-electron chi connectivity index (χ4n) is 7.07. The van der Waals surface area contributed by atoms with E-state index < -0.39 is 30.0 Å². The molecule has 0 amide bonds. The standard InChI is InChI=1S/C27H36F4O3/c1-2-4-16-7-9-17(10-8-16)18-11-12-21-19(13-18)5-3-6-22(21)26(32)33-20-14-23(28)25(24(29)15-20)34-27(30)31/h14-19,21-22,27H,2-13H2,1H3. The number of benzene rings is 1. The van der Waals surface area contributed by atoms with E-state index in [-0.39, 0.29) is 17.6 Å². The van der Waals surface area contributed by atoms with E-state index in [0.29, 0.717) is 12.3 Å². The lowest BCUT2D eigenvalue weighted by Gasteiger charge is -2.46. The molecule has 4 unspecified atom stereocenters. The molecule has 3 saturated carbocycles. The molecule has 3 nitrogen and oxygen atoms in total. The number of carbonyl (C=O) groups excluding carboxylic acids is 1. The van der Waals surface area contributed by atoms with Crippen LogP contribution in [0.5, 0.6) is 11.5 Å². The molecular weight excluding hydrogens is 448 g/mol. The topological polar surface area (TPSA) is 35.5 Å². The number of hydrogen-bond acceptors (Lipinski definition) is 3. The number of carbonyl (C=O) groups is 1. The Kier molecular flexibility index (Phi) is 8.41. The van der Waals surface area contributed by atoms with Crippen molar-refractivity contribution in [3.8, 4) is 11.5 Å². The van der Waals surface area contributed by atoms with Crippen molar-refractivity contribution in [2.24, 2.45) is 35.5 Å². The molecule has 0 bridgehead atoms. The third-order valence-corrected chi connectivity index (χ3v) is 8.64. The Labute approximate surface area is 199 Å². The van der Waals surface area contributed by atoms with Gasteiger partial charge < -0.3 is 9.47 Å². The maximum atomic E-state index is 14.0. The van der Waals surface area contributed by atoms with E-state index in [4.69, 9.17) is 4.74 Å². The fourth-order valence-corrected chi connectivity index (χ4v) is 7.07. The Morgan fingerprint density at radius 2 is 1.62 bits per heavy atom. The molecule has 1 aromatic carbocycles. The second-order valence-electron chi connectivity index (χ2n) is 10.6. The van der Waals surface area contributed by atoms with E-state index >= 15 is 0 Å². The molecular formula is C27H36F4O3.